The molecular formula is C21H20ClN3O4. The summed E-state index contributed by atoms with van der Waals surface area (Å²) in [5.74, 6) is 0.689. The third kappa shape index (κ3) is 6.08. The quantitative estimate of drug-likeness (QED) is 0.578. The molecule has 0 saturated heterocycles. The Morgan fingerprint density at radius 3 is 2.55 bits per heavy atom. The summed E-state index contributed by atoms with van der Waals surface area (Å²) in [5, 5.41) is 0.559. The number of nitrogens with zero attached hydrogens (tertiary/aromatic N) is 1. The van der Waals surface area contributed by atoms with Crippen LogP contribution in [0.4, 0.5) is 0 Å². The van der Waals surface area contributed by atoms with Crippen LogP contribution in [0, 0.1) is 6.92 Å². The first-order chi connectivity index (χ1) is 14.0. The smallest absolute Gasteiger partial charge is 0.276 e. The van der Waals surface area contributed by atoms with E-state index in [0.29, 0.717) is 22.4 Å². The first-order valence-corrected chi connectivity index (χ1v) is 9.36. The molecule has 0 aliphatic heterocycles. The van der Waals surface area contributed by atoms with Crippen LogP contribution in [0.3, 0.4) is 0 Å². The molecule has 0 aliphatic carbocycles. The van der Waals surface area contributed by atoms with Crippen molar-refractivity contribution in [2.24, 2.45) is 0 Å². The Kier molecular flexibility index (Phi) is 6.86. The Morgan fingerprint density at radius 1 is 1.07 bits per heavy atom. The van der Waals surface area contributed by atoms with Gasteiger partial charge in [-0.05, 0) is 31.2 Å². The third-order valence-corrected chi connectivity index (χ3v) is 4.32. The number of amides is 2. The van der Waals surface area contributed by atoms with Gasteiger partial charge in [-0.25, -0.2) is 4.98 Å². The van der Waals surface area contributed by atoms with Crippen molar-refractivity contribution in [3.05, 3.63) is 71.2 Å². The molecule has 150 valence electrons. The highest BCUT2D eigenvalue weighted by Crippen LogP contribution is 2.28. The zero-order valence-corrected chi connectivity index (χ0v) is 16.5. The highest BCUT2D eigenvalue weighted by molar-refractivity contribution is 6.33. The molecule has 0 atom stereocenters. The molecular weight excluding hydrogens is 394 g/mol. The molecule has 1 heterocycles. The van der Waals surface area contributed by atoms with Crippen LogP contribution in [0.1, 0.15) is 17.9 Å². The predicted molar refractivity (Wildman–Crippen MR) is 108 cm³/mol. The maximum Gasteiger partial charge on any atom is 0.276 e. The van der Waals surface area contributed by atoms with E-state index in [0.717, 1.165) is 11.1 Å². The molecule has 3 rings (SSSR count). The average molecular weight is 414 g/mol. The zero-order valence-electron chi connectivity index (χ0n) is 15.8. The number of ether oxygens (including phenoxy) is 1. The number of nitrogens with one attached hydrogen (secondary N) is 2. The van der Waals surface area contributed by atoms with E-state index in [1.807, 2.05) is 37.3 Å². The monoisotopic (exact) mass is 413 g/mol. The number of rotatable bonds is 7. The van der Waals surface area contributed by atoms with E-state index < -0.39 is 5.91 Å². The second-order valence-electron chi connectivity index (χ2n) is 6.30. The molecule has 0 unspecified atom stereocenters. The summed E-state index contributed by atoms with van der Waals surface area (Å²) < 4.78 is 11.0. The van der Waals surface area contributed by atoms with Crippen molar-refractivity contribution >= 4 is 23.4 Å². The summed E-state index contributed by atoms with van der Waals surface area (Å²) in [6.07, 6.45) is 1.95. The maximum absolute atomic E-state index is 11.9. The van der Waals surface area contributed by atoms with Gasteiger partial charge in [-0.3, -0.25) is 20.4 Å². The number of halogens is 1. The summed E-state index contributed by atoms with van der Waals surface area (Å²) in [7, 11) is 0. The number of hydrogen-bond donors (Lipinski definition) is 2. The van der Waals surface area contributed by atoms with Crippen molar-refractivity contribution < 1.29 is 18.7 Å². The van der Waals surface area contributed by atoms with Gasteiger partial charge in [0, 0.05) is 18.4 Å². The van der Waals surface area contributed by atoms with Crippen LogP contribution in [0.2, 0.25) is 5.02 Å². The van der Waals surface area contributed by atoms with Crippen LogP contribution in [-0.2, 0) is 16.0 Å². The van der Waals surface area contributed by atoms with E-state index >= 15 is 0 Å². The second kappa shape index (κ2) is 9.75. The molecule has 2 amide bonds. The second-order valence-corrected chi connectivity index (χ2v) is 6.70. The van der Waals surface area contributed by atoms with Crippen molar-refractivity contribution in [3.63, 3.8) is 0 Å². The first-order valence-electron chi connectivity index (χ1n) is 8.98. The number of aromatic nitrogens is 1. The number of oxazole rings is 1. The Balaban J connectivity index is 1.39. The van der Waals surface area contributed by atoms with Gasteiger partial charge in [-0.15, -0.1) is 0 Å². The summed E-state index contributed by atoms with van der Waals surface area (Å²) >= 11 is 6.14. The first kappa shape index (κ1) is 20.4. The normalized spacial score (nSPS) is 10.4. The van der Waals surface area contributed by atoms with Crippen LogP contribution >= 0.6 is 11.6 Å². The molecule has 0 spiro atoms. The van der Waals surface area contributed by atoms with Crippen molar-refractivity contribution in [2.75, 3.05) is 6.61 Å². The molecule has 8 heteroatoms. The van der Waals surface area contributed by atoms with Crippen LogP contribution in [0.25, 0.3) is 11.3 Å². The molecule has 0 bridgehead atoms. The minimum absolute atomic E-state index is 0.0988. The van der Waals surface area contributed by atoms with Crippen LogP contribution < -0.4 is 15.6 Å². The van der Waals surface area contributed by atoms with E-state index in [1.54, 1.807) is 24.4 Å². The van der Waals surface area contributed by atoms with Gasteiger partial charge in [0.1, 0.15) is 5.75 Å². The molecule has 7 nitrogen and oxygen atoms in total. The van der Waals surface area contributed by atoms with E-state index in [1.165, 1.54) is 0 Å². The van der Waals surface area contributed by atoms with Gasteiger partial charge in [0.15, 0.2) is 18.3 Å². The van der Waals surface area contributed by atoms with Gasteiger partial charge in [-0.1, -0.05) is 41.4 Å². The molecule has 2 N–H and O–H groups in total. The third-order valence-electron chi connectivity index (χ3n) is 3.99. The van der Waals surface area contributed by atoms with Crippen molar-refractivity contribution in [1.82, 2.24) is 15.8 Å². The summed E-state index contributed by atoms with van der Waals surface area (Å²) in [6, 6.07) is 14.6. The number of hydrazine groups is 1. The molecule has 29 heavy (non-hydrogen) atoms. The molecule has 1 aromatic heterocycles. The Labute approximate surface area is 173 Å². The lowest BCUT2D eigenvalue weighted by Gasteiger charge is -2.08. The highest BCUT2D eigenvalue weighted by atomic mass is 35.5. The van der Waals surface area contributed by atoms with Gasteiger partial charge >= 0.3 is 0 Å². The average Bonchev–Trinajstić information content (AvgIpc) is 3.19. The van der Waals surface area contributed by atoms with E-state index in [2.05, 4.69) is 15.8 Å². The zero-order chi connectivity index (χ0) is 20.6. The van der Waals surface area contributed by atoms with Crippen molar-refractivity contribution in [2.45, 2.75) is 19.8 Å². The van der Waals surface area contributed by atoms with Crippen molar-refractivity contribution in [1.29, 1.82) is 0 Å². The molecule has 2 aromatic carbocycles. The summed E-state index contributed by atoms with van der Waals surface area (Å²) in [5.41, 5.74) is 6.47. The van der Waals surface area contributed by atoms with Gasteiger partial charge < -0.3 is 9.15 Å². The molecule has 0 saturated carbocycles. The Morgan fingerprint density at radius 2 is 1.79 bits per heavy atom. The fraction of sp³-hybridized carbons (Fsp3) is 0.190. The van der Waals surface area contributed by atoms with E-state index in [-0.39, 0.29) is 25.4 Å². The predicted octanol–water partition coefficient (Wildman–Crippen LogP) is 3.46. The van der Waals surface area contributed by atoms with Crippen LogP contribution in [0.15, 0.2) is 59.1 Å². The van der Waals surface area contributed by atoms with Gasteiger partial charge in [0.25, 0.3) is 5.91 Å². The molecule has 0 aliphatic rings. The number of aryl methyl sites for hydroxylation is 2. The minimum atomic E-state index is -0.462. The highest BCUT2D eigenvalue weighted by Gasteiger charge is 2.11. The standard InChI is InChI=1S/C21H20ClN3O4/c1-14-6-8-15(9-7-14)28-13-20(27)25-24-19(26)10-11-21-23-12-18(29-21)16-4-2-3-5-17(16)22/h2-9,12H,10-11,13H2,1H3,(H,24,26)(H,25,27). The van der Waals surface area contributed by atoms with Gasteiger partial charge in [-0.2, -0.15) is 0 Å². The maximum atomic E-state index is 11.9. The molecule has 0 fully saturated rings. The SMILES string of the molecule is Cc1ccc(OCC(=O)NNC(=O)CCc2ncc(-c3ccccc3Cl)o2)cc1. The van der Waals surface area contributed by atoms with Gasteiger partial charge in [0.2, 0.25) is 5.91 Å². The summed E-state index contributed by atoms with van der Waals surface area (Å²) in [6.45, 7) is 1.76. The largest absolute Gasteiger partial charge is 0.484 e. The van der Waals surface area contributed by atoms with Gasteiger partial charge in [0.05, 0.1) is 11.2 Å². The minimum Gasteiger partial charge on any atom is -0.484 e. The summed E-state index contributed by atoms with van der Waals surface area (Å²) in [4.78, 5) is 27.8. The lowest BCUT2D eigenvalue weighted by atomic mass is 10.2. The van der Waals surface area contributed by atoms with E-state index in [4.69, 9.17) is 20.8 Å². The fourth-order valence-electron chi connectivity index (χ4n) is 2.45. The molecule has 0 radical (unpaired) electrons. The number of benzene rings is 2. The topological polar surface area (TPSA) is 93.5 Å². The Hall–Kier alpha value is -3.32. The Bertz CT molecular complexity index is 986. The van der Waals surface area contributed by atoms with E-state index in [9.17, 15) is 9.59 Å². The molecule has 3 aromatic rings. The van der Waals surface area contributed by atoms with Crippen molar-refractivity contribution in [3.8, 4) is 17.1 Å². The lowest BCUT2D eigenvalue weighted by molar-refractivity contribution is -0.130. The number of carbonyl (C=O) groups is 2. The number of hydrogen-bond acceptors (Lipinski definition) is 5. The van der Waals surface area contributed by atoms with Crippen LogP contribution in [-0.4, -0.2) is 23.4 Å². The van der Waals surface area contributed by atoms with Crippen LogP contribution in [0.5, 0.6) is 5.75 Å². The lowest BCUT2D eigenvalue weighted by Crippen LogP contribution is -2.43. The fourth-order valence-corrected chi connectivity index (χ4v) is 2.68. The number of carbonyl (C=O) groups excluding carboxylic acids is 2.